The van der Waals surface area contributed by atoms with Crippen molar-refractivity contribution in [2.75, 3.05) is 18.4 Å². The lowest BCUT2D eigenvalue weighted by Crippen LogP contribution is -2.47. The number of carbonyl (C=O) groups is 3. The molecule has 8 heteroatoms. The van der Waals surface area contributed by atoms with Gasteiger partial charge in [0.1, 0.15) is 11.9 Å². The molecule has 1 aliphatic heterocycles. The molecule has 0 aromatic carbocycles. The van der Waals surface area contributed by atoms with E-state index in [-0.39, 0.29) is 24.8 Å². The van der Waals surface area contributed by atoms with E-state index >= 15 is 0 Å². The van der Waals surface area contributed by atoms with E-state index < -0.39 is 17.4 Å². The molecule has 0 radical (unpaired) electrons. The van der Waals surface area contributed by atoms with Crippen molar-refractivity contribution in [1.29, 1.82) is 0 Å². The van der Waals surface area contributed by atoms with Crippen molar-refractivity contribution in [3.63, 3.8) is 0 Å². The molecular weight excluding hydrogens is 384 g/mol. The molecule has 1 atom stereocenters. The number of aliphatic carboxylic acids is 1. The number of nitrogens with zero attached hydrogens (tertiary/aromatic N) is 1. The standard InChI is InChI=1S/C22H34N4O4/c1-22(2,3)21(30)26-17(20(28)29)12-14-23-18(27)9-5-4-8-16-11-10-15-7-6-13-24-19(15)25-16/h10-11,17H,4-9,12-14H2,1-3H3,(H,23,27)(H,24,25)(H,26,30)(H,28,29). The first-order valence-corrected chi connectivity index (χ1v) is 10.7. The molecule has 8 nitrogen and oxygen atoms in total. The molecular formula is C22H34N4O4. The topological polar surface area (TPSA) is 120 Å². The van der Waals surface area contributed by atoms with Crippen LogP contribution in [0.4, 0.5) is 5.82 Å². The van der Waals surface area contributed by atoms with Crippen LogP contribution >= 0.6 is 0 Å². The van der Waals surface area contributed by atoms with E-state index in [1.807, 2.05) is 0 Å². The van der Waals surface area contributed by atoms with Crippen LogP contribution in [0.1, 0.15) is 64.1 Å². The van der Waals surface area contributed by atoms with Crippen molar-refractivity contribution in [1.82, 2.24) is 15.6 Å². The van der Waals surface area contributed by atoms with Gasteiger partial charge in [-0.1, -0.05) is 26.8 Å². The number of hydrogen-bond donors (Lipinski definition) is 4. The molecule has 0 saturated heterocycles. The predicted octanol–water partition coefficient (Wildman–Crippen LogP) is 2.27. The molecule has 1 aromatic rings. The highest BCUT2D eigenvalue weighted by Crippen LogP contribution is 2.20. The molecule has 30 heavy (non-hydrogen) atoms. The molecule has 0 bridgehead atoms. The highest BCUT2D eigenvalue weighted by atomic mass is 16.4. The average Bonchev–Trinajstić information content (AvgIpc) is 2.69. The highest BCUT2D eigenvalue weighted by Gasteiger charge is 2.27. The van der Waals surface area contributed by atoms with Crippen LogP contribution in [0, 0.1) is 5.41 Å². The Labute approximate surface area is 178 Å². The second-order valence-electron chi connectivity index (χ2n) is 8.80. The zero-order valence-corrected chi connectivity index (χ0v) is 18.2. The highest BCUT2D eigenvalue weighted by molar-refractivity contribution is 5.86. The van der Waals surface area contributed by atoms with Gasteiger partial charge in [0, 0.05) is 30.6 Å². The number of aromatic nitrogens is 1. The Balaban J connectivity index is 1.64. The van der Waals surface area contributed by atoms with Crippen molar-refractivity contribution in [3.8, 4) is 0 Å². The van der Waals surface area contributed by atoms with Crippen molar-refractivity contribution in [2.45, 2.75) is 71.8 Å². The third-order valence-corrected chi connectivity index (χ3v) is 5.08. The maximum atomic E-state index is 12.0. The Hall–Kier alpha value is -2.64. The summed E-state index contributed by atoms with van der Waals surface area (Å²) in [5.41, 5.74) is 1.63. The minimum absolute atomic E-state index is 0.110. The SMILES string of the molecule is CC(C)(C)C(=O)NC(CCNC(=O)CCCCc1ccc2c(n1)NCCC2)C(=O)O. The number of hydrogen-bond acceptors (Lipinski definition) is 5. The van der Waals surface area contributed by atoms with E-state index in [1.165, 1.54) is 5.56 Å². The Morgan fingerprint density at radius 1 is 1.23 bits per heavy atom. The van der Waals surface area contributed by atoms with Gasteiger partial charge in [0.05, 0.1) is 0 Å². The summed E-state index contributed by atoms with van der Waals surface area (Å²) in [4.78, 5) is 40.0. The zero-order valence-electron chi connectivity index (χ0n) is 18.2. The number of nitrogens with one attached hydrogen (secondary N) is 3. The van der Waals surface area contributed by atoms with Crippen LogP contribution in [0.2, 0.25) is 0 Å². The first kappa shape index (κ1) is 23.6. The van der Waals surface area contributed by atoms with Gasteiger partial charge in [0.15, 0.2) is 0 Å². The second kappa shape index (κ2) is 10.9. The third kappa shape index (κ3) is 7.65. The van der Waals surface area contributed by atoms with E-state index in [4.69, 9.17) is 0 Å². The van der Waals surface area contributed by atoms with Crippen molar-refractivity contribution in [3.05, 3.63) is 23.4 Å². The molecule has 4 N–H and O–H groups in total. The maximum Gasteiger partial charge on any atom is 0.326 e. The molecule has 0 saturated carbocycles. The lowest BCUT2D eigenvalue weighted by Gasteiger charge is -2.22. The molecule has 2 rings (SSSR count). The van der Waals surface area contributed by atoms with Gasteiger partial charge in [0.25, 0.3) is 0 Å². The van der Waals surface area contributed by atoms with Crippen molar-refractivity contribution < 1.29 is 19.5 Å². The molecule has 1 unspecified atom stereocenters. The third-order valence-electron chi connectivity index (χ3n) is 5.08. The maximum absolute atomic E-state index is 12.0. The van der Waals surface area contributed by atoms with Crippen molar-refractivity contribution in [2.24, 2.45) is 5.41 Å². The number of fused-ring (bicyclic) bond motifs is 1. The van der Waals surface area contributed by atoms with Crippen LogP contribution in [0.5, 0.6) is 0 Å². The number of rotatable bonds is 10. The molecule has 1 aliphatic rings. The van der Waals surface area contributed by atoms with Crippen LogP contribution in [0.25, 0.3) is 0 Å². The van der Waals surface area contributed by atoms with Crippen LogP contribution in [0.3, 0.4) is 0 Å². The van der Waals surface area contributed by atoms with Gasteiger partial charge in [-0.3, -0.25) is 9.59 Å². The molecule has 2 amide bonds. The van der Waals surface area contributed by atoms with E-state index in [0.29, 0.717) is 6.42 Å². The lowest BCUT2D eigenvalue weighted by atomic mass is 9.95. The van der Waals surface area contributed by atoms with Gasteiger partial charge in [-0.25, -0.2) is 9.78 Å². The Morgan fingerprint density at radius 3 is 2.70 bits per heavy atom. The Kier molecular flexibility index (Phi) is 8.62. The number of anilines is 1. The number of amides is 2. The smallest absolute Gasteiger partial charge is 0.326 e. The minimum atomic E-state index is -1.10. The molecule has 0 aliphatic carbocycles. The zero-order chi connectivity index (χ0) is 22.1. The second-order valence-corrected chi connectivity index (χ2v) is 8.80. The van der Waals surface area contributed by atoms with Gasteiger partial charge in [-0.05, 0) is 50.2 Å². The summed E-state index contributed by atoms with van der Waals surface area (Å²) in [6, 6.07) is 3.18. The monoisotopic (exact) mass is 418 g/mol. The number of carboxylic acids is 1. The first-order valence-electron chi connectivity index (χ1n) is 10.7. The predicted molar refractivity (Wildman–Crippen MR) is 115 cm³/mol. The molecule has 0 fully saturated rings. The largest absolute Gasteiger partial charge is 0.480 e. The normalized spacial score (nSPS) is 14.2. The average molecular weight is 419 g/mol. The number of unbranched alkanes of at least 4 members (excludes halogenated alkanes) is 1. The summed E-state index contributed by atoms with van der Waals surface area (Å²) in [7, 11) is 0. The fourth-order valence-corrected chi connectivity index (χ4v) is 3.18. The van der Waals surface area contributed by atoms with Gasteiger partial charge in [-0.15, -0.1) is 0 Å². The van der Waals surface area contributed by atoms with Crippen LogP contribution in [0.15, 0.2) is 12.1 Å². The molecule has 1 aromatic heterocycles. The molecule has 0 spiro atoms. The molecule has 166 valence electrons. The summed E-state index contributed by atoms with van der Waals surface area (Å²) >= 11 is 0. The summed E-state index contributed by atoms with van der Waals surface area (Å²) in [6.07, 6.45) is 5.16. The number of carbonyl (C=O) groups excluding carboxylic acids is 2. The van der Waals surface area contributed by atoms with Gasteiger partial charge < -0.3 is 21.1 Å². The van der Waals surface area contributed by atoms with Gasteiger partial charge in [-0.2, -0.15) is 0 Å². The fourth-order valence-electron chi connectivity index (χ4n) is 3.18. The number of carboxylic acid groups (broad SMARTS) is 1. The Morgan fingerprint density at radius 2 is 2.00 bits per heavy atom. The van der Waals surface area contributed by atoms with Gasteiger partial charge >= 0.3 is 5.97 Å². The number of aryl methyl sites for hydroxylation is 2. The fraction of sp³-hybridized carbons (Fsp3) is 0.636. The summed E-state index contributed by atoms with van der Waals surface area (Å²) in [5.74, 6) is -0.550. The lowest BCUT2D eigenvalue weighted by molar-refractivity contribution is -0.143. The van der Waals surface area contributed by atoms with E-state index in [2.05, 4.69) is 33.1 Å². The van der Waals surface area contributed by atoms with E-state index in [9.17, 15) is 19.5 Å². The van der Waals surface area contributed by atoms with Crippen LogP contribution in [-0.4, -0.2) is 47.0 Å². The summed E-state index contributed by atoms with van der Waals surface area (Å²) in [6.45, 7) is 6.34. The minimum Gasteiger partial charge on any atom is -0.480 e. The van der Waals surface area contributed by atoms with Crippen LogP contribution in [-0.2, 0) is 27.2 Å². The van der Waals surface area contributed by atoms with E-state index in [1.54, 1.807) is 20.8 Å². The van der Waals surface area contributed by atoms with Gasteiger partial charge in [0.2, 0.25) is 11.8 Å². The van der Waals surface area contributed by atoms with E-state index in [0.717, 1.165) is 50.2 Å². The summed E-state index contributed by atoms with van der Waals surface area (Å²) in [5, 5.41) is 17.9. The Bertz CT molecular complexity index is 758. The van der Waals surface area contributed by atoms with Crippen LogP contribution < -0.4 is 16.0 Å². The number of pyridine rings is 1. The quantitative estimate of drug-likeness (QED) is 0.433. The first-order chi connectivity index (χ1) is 14.2. The molecule has 2 heterocycles. The summed E-state index contributed by atoms with van der Waals surface area (Å²) < 4.78 is 0. The van der Waals surface area contributed by atoms with Crippen molar-refractivity contribution >= 4 is 23.6 Å².